The molecule has 0 saturated carbocycles. The van der Waals surface area contributed by atoms with Gasteiger partial charge in [-0.05, 0) is 25.1 Å². The predicted molar refractivity (Wildman–Crippen MR) is 120 cm³/mol. The van der Waals surface area contributed by atoms with Crippen LogP contribution < -0.4 is 14.8 Å². The molecule has 1 aliphatic heterocycles. The Kier molecular flexibility index (Phi) is 7.19. The van der Waals surface area contributed by atoms with E-state index in [0.717, 1.165) is 0 Å². The van der Waals surface area contributed by atoms with Crippen LogP contribution in [0.3, 0.4) is 0 Å². The number of methoxy groups -OCH3 is 2. The van der Waals surface area contributed by atoms with Gasteiger partial charge in [0, 0.05) is 30.7 Å². The molecule has 36 heavy (non-hydrogen) atoms. The van der Waals surface area contributed by atoms with Crippen LogP contribution in [0.4, 0.5) is 27.8 Å². The molecule has 0 radical (unpaired) electrons. The third kappa shape index (κ3) is 5.29. The molecular formula is C24H24F5N3O4. The zero-order valence-corrected chi connectivity index (χ0v) is 19.8. The van der Waals surface area contributed by atoms with Gasteiger partial charge in [-0.1, -0.05) is 0 Å². The summed E-state index contributed by atoms with van der Waals surface area (Å²) < 4.78 is 89.7. The van der Waals surface area contributed by atoms with Gasteiger partial charge in [-0.25, -0.2) is 18.7 Å². The van der Waals surface area contributed by atoms with Crippen molar-refractivity contribution in [3.05, 3.63) is 52.9 Å². The van der Waals surface area contributed by atoms with Crippen LogP contribution in [-0.2, 0) is 22.2 Å². The highest BCUT2D eigenvalue weighted by Crippen LogP contribution is 2.37. The van der Waals surface area contributed by atoms with Crippen molar-refractivity contribution >= 4 is 16.7 Å². The lowest BCUT2D eigenvalue weighted by Crippen LogP contribution is -2.50. The van der Waals surface area contributed by atoms with E-state index >= 15 is 0 Å². The van der Waals surface area contributed by atoms with Gasteiger partial charge in [0.2, 0.25) is 0 Å². The molecule has 3 aromatic rings. The van der Waals surface area contributed by atoms with E-state index in [1.54, 1.807) is 26.2 Å². The Morgan fingerprint density at radius 3 is 2.39 bits per heavy atom. The van der Waals surface area contributed by atoms with E-state index < -0.39 is 35.5 Å². The van der Waals surface area contributed by atoms with Crippen LogP contribution >= 0.6 is 0 Å². The van der Waals surface area contributed by atoms with Crippen molar-refractivity contribution in [3.63, 3.8) is 0 Å². The fourth-order valence-electron chi connectivity index (χ4n) is 3.96. The minimum Gasteiger partial charge on any atom is -0.493 e. The summed E-state index contributed by atoms with van der Waals surface area (Å²) in [6, 6.07) is 4.10. The maximum atomic E-state index is 14.5. The standard InChI is InChI=1S/C24H24F5N3O4/c1-13-31-18-7-19(34-3)20(36-12-23(9-33-2)10-35-11-23)6-16(18)22(32-13)30-8-14-4-15(25)5-17(21(14)26)24(27,28)29/h4-7H,8-12H2,1-3H3,(H,30,31,32). The largest absolute Gasteiger partial charge is 0.493 e. The first-order valence-electron chi connectivity index (χ1n) is 10.9. The highest BCUT2D eigenvalue weighted by atomic mass is 19.4. The third-order valence-electron chi connectivity index (χ3n) is 5.76. The molecule has 1 N–H and O–H groups in total. The molecule has 1 saturated heterocycles. The summed E-state index contributed by atoms with van der Waals surface area (Å²) in [7, 11) is 3.07. The lowest BCUT2D eigenvalue weighted by atomic mass is 9.88. The van der Waals surface area contributed by atoms with E-state index in [2.05, 4.69) is 15.3 Å². The first-order chi connectivity index (χ1) is 17.0. The van der Waals surface area contributed by atoms with Crippen molar-refractivity contribution in [2.75, 3.05) is 46.0 Å². The number of aryl methyl sites for hydroxylation is 1. The number of benzene rings is 2. The second kappa shape index (κ2) is 10.0. The highest BCUT2D eigenvalue weighted by molar-refractivity contribution is 5.91. The van der Waals surface area contributed by atoms with E-state index in [4.69, 9.17) is 18.9 Å². The number of alkyl halides is 3. The van der Waals surface area contributed by atoms with Crippen molar-refractivity contribution in [1.29, 1.82) is 0 Å². The number of rotatable bonds is 9. The molecule has 0 spiro atoms. The lowest BCUT2D eigenvalue weighted by Gasteiger charge is -2.40. The van der Waals surface area contributed by atoms with Gasteiger partial charge < -0.3 is 24.3 Å². The number of aromatic nitrogens is 2. The Labute approximate surface area is 203 Å². The van der Waals surface area contributed by atoms with Crippen molar-refractivity contribution in [1.82, 2.24) is 9.97 Å². The minimum atomic E-state index is -5.03. The van der Waals surface area contributed by atoms with Gasteiger partial charge in [0.05, 0.1) is 43.4 Å². The number of hydrogen-bond donors (Lipinski definition) is 1. The average Bonchev–Trinajstić information content (AvgIpc) is 2.79. The van der Waals surface area contributed by atoms with Crippen LogP contribution in [0, 0.1) is 24.0 Å². The molecule has 2 heterocycles. The monoisotopic (exact) mass is 513 g/mol. The molecule has 194 valence electrons. The van der Waals surface area contributed by atoms with Gasteiger partial charge in [-0.2, -0.15) is 13.2 Å². The van der Waals surface area contributed by atoms with Gasteiger partial charge >= 0.3 is 6.18 Å². The number of anilines is 1. The van der Waals surface area contributed by atoms with Crippen LogP contribution in [0.1, 0.15) is 17.0 Å². The Morgan fingerprint density at radius 2 is 1.78 bits per heavy atom. The van der Waals surface area contributed by atoms with Gasteiger partial charge in [0.25, 0.3) is 0 Å². The zero-order valence-electron chi connectivity index (χ0n) is 19.8. The quantitative estimate of drug-likeness (QED) is 0.408. The molecule has 2 aromatic carbocycles. The molecule has 1 fully saturated rings. The molecule has 4 rings (SSSR count). The summed E-state index contributed by atoms with van der Waals surface area (Å²) in [6.45, 7) is 2.85. The van der Waals surface area contributed by atoms with Crippen molar-refractivity contribution in [3.8, 4) is 11.5 Å². The summed E-state index contributed by atoms with van der Waals surface area (Å²) in [5.74, 6) is -1.41. The minimum absolute atomic E-state index is 0.127. The lowest BCUT2D eigenvalue weighted by molar-refractivity contribution is -0.159. The second-order valence-electron chi connectivity index (χ2n) is 8.63. The van der Waals surface area contributed by atoms with Crippen LogP contribution in [-0.4, -0.2) is 50.6 Å². The molecule has 0 unspecified atom stereocenters. The fourth-order valence-corrected chi connectivity index (χ4v) is 3.96. The molecule has 7 nitrogen and oxygen atoms in total. The first kappa shape index (κ1) is 25.8. The predicted octanol–water partition coefficient (Wildman–Crippen LogP) is 4.90. The number of nitrogens with zero attached hydrogens (tertiary/aromatic N) is 2. The topological polar surface area (TPSA) is 74.7 Å². The maximum Gasteiger partial charge on any atom is 0.419 e. The Hall–Kier alpha value is -3.25. The molecule has 12 heteroatoms. The fraction of sp³-hybridized carbons (Fsp3) is 0.417. The van der Waals surface area contributed by atoms with Crippen molar-refractivity contribution in [2.45, 2.75) is 19.6 Å². The van der Waals surface area contributed by atoms with E-state index in [1.807, 2.05) is 0 Å². The molecule has 0 bridgehead atoms. The number of halogens is 5. The Balaban J connectivity index is 1.66. The van der Waals surface area contributed by atoms with Crippen molar-refractivity contribution < 1.29 is 40.9 Å². The summed E-state index contributed by atoms with van der Waals surface area (Å²) in [6.07, 6.45) is -5.03. The van der Waals surface area contributed by atoms with Crippen LogP contribution in [0.5, 0.6) is 11.5 Å². The van der Waals surface area contributed by atoms with E-state index in [9.17, 15) is 22.0 Å². The smallest absolute Gasteiger partial charge is 0.419 e. The van der Waals surface area contributed by atoms with Crippen LogP contribution in [0.25, 0.3) is 10.9 Å². The summed E-state index contributed by atoms with van der Waals surface area (Å²) in [5.41, 5.74) is -2.01. The third-order valence-corrected chi connectivity index (χ3v) is 5.76. The number of fused-ring (bicyclic) bond motifs is 1. The van der Waals surface area contributed by atoms with Gasteiger partial charge in [-0.15, -0.1) is 0 Å². The van der Waals surface area contributed by atoms with E-state index in [1.165, 1.54) is 7.11 Å². The Bertz CT molecular complexity index is 1260. The molecule has 1 aromatic heterocycles. The van der Waals surface area contributed by atoms with E-state index in [-0.39, 0.29) is 23.9 Å². The van der Waals surface area contributed by atoms with Gasteiger partial charge in [0.1, 0.15) is 29.9 Å². The summed E-state index contributed by atoms with van der Waals surface area (Å²) in [4.78, 5) is 8.68. The molecule has 1 aliphatic rings. The molecule has 0 atom stereocenters. The maximum absolute atomic E-state index is 14.5. The molecule has 0 amide bonds. The number of nitrogens with one attached hydrogen (secondary N) is 1. The van der Waals surface area contributed by atoms with E-state index in [0.29, 0.717) is 54.1 Å². The average molecular weight is 513 g/mol. The van der Waals surface area contributed by atoms with Crippen LogP contribution in [0.15, 0.2) is 24.3 Å². The zero-order chi connectivity index (χ0) is 26.1. The molecule has 0 aliphatic carbocycles. The summed E-state index contributed by atoms with van der Waals surface area (Å²) >= 11 is 0. The summed E-state index contributed by atoms with van der Waals surface area (Å²) in [5, 5.41) is 3.26. The number of hydrogen-bond acceptors (Lipinski definition) is 7. The number of ether oxygens (including phenoxy) is 4. The molecular weight excluding hydrogens is 489 g/mol. The van der Waals surface area contributed by atoms with Gasteiger partial charge in [-0.3, -0.25) is 0 Å². The SMILES string of the molecule is COCC1(COc2cc3c(NCc4cc(F)cc(C(F)(F)F)c4F)nc(C)nc3cc2OC)COC1. The highest BCUT2D eigenvalue weighted by Gasteiger charge is 2.40. The first-order valence-corrected chi connectivity index (χ1v) is 10.9. The Morgan fingerprint density at radius 1 is 1.03 bits per heavy atom. The van der Waals surface area contributed by atoms with Crippen molar-refractivity contribution in [2.24, 2.45) is 5.41 Å². The normalized spacial score (nSPS) is 15.0. The van der Waals surface area contributed by atoms with Gasteiger partial charge in [0.15, 0.2) is 11.5 Å². The van der Waals surface area contributed by atoms with Crippen LogP contribution in [0.2, 0.25) is 0 Å². The second-order valence-corrected chi connectivity index (χ2v) is 8.63.